The van der Waals surface area contributed by atoms with Crippen LogP contribution in [0.1, 0.15) is 84.6 Å². The Bertz CT molecular complexity index is 1280. The first-order valence-corrected chi connectivity index (χ1v) is 13.4. The number of Topliss-reactive ketones (excluding diaryl/α,β-unsaturated/α-hetero) is 1. The third-order valence-electron chi connectivity index (χ3n) is 9.06. The molecule has 0 amide bonds. The fourth-order valence-corrected chi connectivity index (χ4v) is 6.77. The summed E-state index contributed by atoms with van der Waals surface area (Å²) >= 11 is 0. The standard InChI is InChI=1S/C31H35N3O/c1-4-6-21-16-25-26(18-28(21)34-13-11-33(12-14-34)23-7-5-8-23)31(2,3)27-17-22-15-20(19-32)9-10-24(22)29(27)30(25)35/h9-10,15-16,18,23H,4-8,11-14,17H2,1-3H3. The number of fused-ring (bicyclic) bond motifs is 3. The molecule has 0 unspecified atom stereocenters. The van der Waals surface area contributed by atoms with Gasteiger partial charge in [0.15, 0.2) is 5.78 Å². The van der Waals surface area contributed by atoms with E-state index in [0.717, 1.165) is 73.7 Å². The number of ketones is 1. The average molecular weight is 466 g/mol. The molecule has 1 saturated carbocycles. The molecule has 0 radical (unpaired) electrons. The molecule has 35 heavy (non-hydrogen) atoms. The van der Waals surface area contributed by atoms with Gasteiger partial charge in [0, 0.05) is 54.5 Å². The highest BCUT2D eigenvalue weighted by atomic mass is 16.1. The fourth-order valence-electron chi connectivity index (χ4n) is 6.77. The SMILES string of the molecule is CCCc1cc2c(cc1N1CCN(C3CCC3)CC1)C(C)(C)C1=C(C2=O)c2ccc(C#N)cc2C1. The van der Waals surface area contributed by atoms with Crippen LogP contribution >= 0.6 is 0 Å². The molecule has 2 fully saturated rings. The predicted octanol–water partition coefficient (Wildman–Crippen LogP) is 5.67. The van der Waals surface area contributed by atoms with E-state index in [9.17, 15) is 10.1 Å². The van der Waals surface area contributed by atoms with Gasteiger partial charge in [0.1, 0.15) is 0 Å². The first-order chi connectivity index (χ1) is 16.9. The van der Waals surface area contributed by atoms with Crippen molar-refractivity contribution in [3.05, 3.63) is 69.3 Å². The zero-order valence-corrected chi connectivity index (χ0v) is 21.3. The fraction of sp³-hybridized carbons (Fsp3) is 0.484. The van der Waals surface area contributed by atoms with Gasteiger partial charge in [-0.2, -0.15) is 5.26 Å². The number of nitrogens with zero attached hydrogens (tertiary/aromatic N) is 3. The molecule has 1 aliphatic heterocycles. The topological polar surface area (TPSA) is 47.3 Å². The van der Waals surface area contributed by atoms with Crippen LogP contribution in [0.4, 0.5) is 5.69 Å². The Morgan fingerprint density at radius 1 is 1.06 bits per heavy atom. The van der Waals surface area contributed by atoms with Gasteiger partial charge in [0.25, 0.3) is 0 Å². The third kappa shape index (κ3) is 3.47. The van der Waals surface area contributed by atoms with Crippen LogP contribution < -0.4 is 4.90 Å². The first-order valence-electron chi connectivity index (χ1n) is 13.4. The smallest absolute Gasteiger partial charge is 0.193 e. The van der Waals surface area contributed by atoms with Crippen LogP contribution in [0.3, 0.4) is 0 Å². The van der Waals surface area contributed by atoms with Crippen molar-refractivity contribution in [2.45, 2.75) is 70.8 Å². The Balaban J connectivity index is 1.39. The Labute approximate surface area is 209 Å². The molecule has 4 aliphatic rings. The highest BCUT2D eigenvalue weighted by Gasteiger charge is 2.43. The van der Waals surface area contributed by atoms with Crippen molar-refractivity contribution in [3.63, 3.8) is 0 Å². The summed E-state index contributed by atoms with van der Waals surface area (Å²) in [6, 6.07) is 13.5. The Hall–Kier alpha value is -2.90. The van der Waals surface area contributed by atoms with Crippen molar-refractivity contribution in [1.29, 1.82) is 5.26 Å². The number of hydrogen-bond acceptors (Lipinski definition) is 4. The number of carbonyl (C=O) groups is 1. The van der Waals surface area contributed by atoms with Crippen LogP contribution in [0.25, 0.3) is 5.57 Å². The highest BCUT2D eigenvalue weighted by Crippen LogP contribution is 2.51. The number of anilines is 1. The molecule has 0 N–H and O–H groups in total. The molecule has 4 heteroatoms. The number of piperazine rings is 1. The summed E-state index contributed by atoms with van der Waals surface area (Å²) in [6.07, 6.45) is 6.94. The minimum Gasteiger partial charge on any atom is -0.369 e. The number of aryl methyl sites for hydroxylation is 1. The second-order valence-corrected chi connectivity index (χ2v) is 11.4. The van der Waals surface area contributed by atoms with Crippen LogP contribution in [0.5, 0.6) is 0 Å². The van der Waals surface area contributed by atoms with Crippen molar-refractivity contribution in [1.82, 2.24) is 4.90 Å². The van der Waals surface area contributed by atoms with E-state index in [4.69, 9.17) is 0 Å². The molecule has 180 valence electrons. The second-order valence-electron chi connectivity index (χ2n) is 11.4. The van der Waals surface area contributed by atoms with Crippen molar-refractivity contribution in [3.8, 4) is 6.07 Å². The van der Waals surface area contributed by atoms with Crippen LogP contribution in [-0.2, 0) is 18.3 Å². The highest BCUT2D eigenvalue weighted by molar-refractivity contribution is 6.33. The van der Waals surface area contributed by atoms with E-state index in [2.05, 4.69) is 48.8 Å². The molecular formula is C31H35N3O. The lowest BCUT2D eigenvalue weighted by Gasteiger charge is -2.44. The number of allylic oxidation sites excluding steroid dienone is 2. The Kier molecular flexibility index (Phi) is 5.38. The first kappa shape index (κ1) is 22.6. The summed E-state index contributed by atoms with van der Waals surface area (Å²) in [5, 5.41) is 9.39. The molecule has 0 spiro atoms. The number of benzene rings is 2. The van der Waals surface area contributed by atoms with Gasteiger partial charge in [0.2, 0.25) is 0 Å². The van der Waals surface area contributed by atoms with Crippen molar-refractivity contribution in [2.24, 2.45) is 0 Å². The number of rotatable bonds is 4. The van der Waals surface area contributed by atoms with Gasteiger partial charge < -0.3 is 4.90 Å². The van der Waals surface area contributed by atoms with Gasteiger partial charge in [-0.1, -0.05) is 39.7 Å². The summed E-state index contributed by atoms with van der Waals surface area (Å²) in [5.74, 6) is 0.163. The largest absolute Gasteiger partial charge is 0.369 e. The zero-order valence-electron chi connectivity index (χ0n) is 21.3. The molecule has 2 aromatic rings. The monoisotopic (exact) mass is 465 g/mol. The Morgan fingerprint density at radius 3 is 2.49 bits per heavy atom. The summed E-state index contributed by atoms with van der Waals surface area (Å²) in [7, 11) is 0. The van der Waals surface area contributed by atoms with Crippen LogP contribution in [0.2, 0.25) is 0 Å². The molecule has 0 atom stereocenters. The van der Waals surface area contributed by atoms with Gasteiger partial charge in [-0.25, -0.2) is 0 Å². The van der Waals surface area contributed by atoms with Gasteiger partial charge in [-0.05, 0) is 77.8 Å². The number of hydrogen-bond donors (Lipinski definition) is 0. The maximum absolute atomic E-state index is 14.0. The van der Waals surface area contributed by atoms with E-state index in [0.29, 0.717) is 5.56 Å². The van der Waals surface area contributed by atoms with E-state index >= 15 is 0 Å². The maximum atomic E-state index is 14.0. The van der Waals surface area contributed by atoms with Crippen molar-refractivity contribution >= 4 is 17.0 Å². The van der Waals surface area contributed by atoms with Gasteiger partial charge in [-0.3, -0.25) is 9.69 Å². The van der Waals surface area contributed by atoms with Gasteiger partial charge in [0.05, 0.1) is 11.6 Å². The minimum absolute atomic E-state index is 0.163. The lowest BCUT2D eigenvalue weighted by molar-refractivity contribution is 0.105. The van der Waals surface area contributed by atoms with Gasteiger partial charge >= 0.3 is 0 Å². The normalized spacial score (nSPS) is 21.3. The summed E-state index contributed by atoms with van der Waals surface area (Å²) < 4.78 is 0. The summed E-state index contributed by atoms with van der Waals surface area (Å²) in [6.45, 7) is 11.2. The molecule has 6 rings (SSSR count). The molecule has 3 aliphatic carbocycles. The molecule has 2 aromatic carbocycles. The zero-order chi connectivity index (χ0) is 24.3. The summed E-state index contributed by atoms with van der Waals surface area (Å²) in [5.41, 5.74) is 9.38. The van der Waals surface area contributed by atoms with E-state index in [1.54, 1.807) is 0 Å². The van der Waals surface area contributed by atoms with E-state index in [1.165, 1.54) is 41.6 Å². The summed E-state index contributed by atoms with van der Waals surface area (Å²) in [4.78, 5) is 19.2. The lowest BCUT2D eigenvalue weighted by atomic mass is 9.68. The second kappa shape index (κ2) is 8.35. The molecular weight excluding hydrogens is 430 g/mol. The van der Waals surface area contributed by atoms with Crippen molar-refractivity contribution < 1.29 is 4.79 Å². The quantitative estimate of drug-likeness (QED) is 0.584. The molecule has 1 heterocycles. The number of nitriles is 1. The van der Waals surface area contributed by atoms with E-state index in [-0.39, 0.29) is 11.2 Å². The minimum atomic E-state index is -0.225. The maximum Gasteiger partial charge on any atom is 0.193 e. The third-order valence-corrected chi connectivity index (χ3v) is 9.06. The predicted molar refractivity (Wildman–Crippen MR) is 141 cm³/mol. The van der Waals surface area contributed by atoms with Crippen LogP contribution in [-0.4, -0.2) is 42.9 Å². The average Bonchev–Trinajstić information content (AvgIpc) is 3.22. The van der Waals surface area contributed by atoms with Crippen LogP contribution in [0, 0.1) is 11.3 Å². The molecule has 1 saturated heterocycles. The van der Waals surface area contributed by atoms with Gasteiger partial charge in [-0.15, -0.1) is 0 Å². The number of carbonyl (C=O) groups excluding carboxylic acids is 1. The van der Waals surface area contributed by atoms with Crippen molar-refractivity contribution in [2.75, 3.05) is 31.1 Å². The Morgan fingerprint density at radius 2 is 1.83 bits per heavy atom. The van der Waals surface area contributed by atoms with E-state index < -0.39 is 0 Å². The molecule has 4 nitrogen and oxygen atoms in total. The van der Waals surface area contributed by atoms with Crippen LogP contribution in [0.15, 0.2) is 35.9 Å². The molecule has 0 aromatic heterocycles. The lowest BCUT2D eigenvalue weighted by Crippen LogP contribution is -2.52. The molecule has 0 bridgehead atoms. The van der Waals surface area contributed by atoms with E-state index in [1.807, 2.05) is 18.2 Å².